The molecule has 3 rings (SSSR count). The molecule has 3 heteroatoms. The Morgan fingerprint density at radius 1 is 1.46 bits per heavy atom. The number of carbonyl (C=O) groups is 1. The van der Waals surface area contributed by atoms with Crippen LogP contribution in [0.4, 0.5) is 0 Å². The van der Waals surface area contributed by atoms with Crippen LogP contribution in [-0.2, 0) is 9.53 Å². The number of hydrogen-bond donors (Lipinski definition) is 0. The van der Waals surface area contributed by atoms with Crippen LogP contribution in [0.25, 0.3) is 0 Å². The monoisotopic (exact) mass is 394 g/mol. The van der Waals surface area contributed by atoms with Crippen molar-refractivity contribution in [1.82, 2.24) is 0 Å². The normalized spacial score (nSPS) is 42.2. The van der Waals surface area contributed by atoms with Crippen LogP contribution in [0.3, 0.4) is 0 Å². The van der Waals surface area contributed by atoms with Gasteiger partial charge in [-0.2, -0.15) is 0 Å². The first-order valence-corrected chi connectivity index (χ1v) is 10.5. The van der Waals surface area contributed by atoms with Crippen LogP contribution in [0.15, 0.2) is 22.7 Å². The van der Waals surface area contributed by atoms with Crippen molar-refractivity contribution in [1.29, 1.82) is 0 Å². The summed E-state index contributed by atoms with van der Waals surface area (Å²) in [5.74, 6) is 2.11. The Morgan fingerprint density at radius 3 is 2.88 bits per heavy atom. The smallest absolute Gasteiger partial charge is 0.334 e. The lowest BCUT2D eigenvalue weighted by Gasteiger charge is -2.44. The number of allylic oxidation sites excluding steroid dienone is 1. The third-order valence-corrected chi connectivity index (χ3v) is 7.91. The lowest BCUT2D eigenvalue weighted by atomic mass is 9.61. The average Bonchev–Trinajstić information content (AvgIpc) is 3.04. The zero-order valence-electron chi connectivity index (χ0n) is 15.3. The van der Waals surface area contributed by atoms with Crippen molar-refractivity contribution in [3.05, 3.63) is 22.7 Å². The van der Waals surface area contributed by atoms with Gasteiger partial charge < -0.3 is 4.74 Å². The molecule has 0 amide bonds. The van der Waals surface area contributed by atoms with Crippen LogP contribution in [-0.4, -0.2) is 12.1 Å². The van der Waals surface area contributed by atoms with Gasteiger partial charge in [0.25, 0.3) is 0 Å². The SMILES string of the molecule is C=C1C(=O)O[C@@H](C[C@@H](C)[C@H]2CC[C@H]3C(=CBr)CCC[C@]23C)[C@@H]1CC. The first kappa shape index (κ1) is 18.2. The number of ether oxygens (including phenoxy) is 1. The third kappa shape index (κ3) is 2.91. The summed E-state index contributed by atoms with van der Waals surface area (Å²) < 4.78 is 5.66. The van der Waals surface area contributed by atoms with Crippen LogP contribution >= 0.6 is 15.9 Å². The number of carbonyl (C=O) groups excluding carboxylic acids is 1. The molecule has 0 N–H and O–H groups in total. The van der Waals surface area contributed by atoms with Crippen molar-refractivity contribution in [2.45, 2.75) is 71.8 Å². The molecule has 0 unspecified atom stereocenters. The van der Waals surface area contributed by atoms with Gasteiger partial charge >= 0.3 is 5.97 Å². The van der Waals surface area contributed by atoms with Gasteiger partial charge in [0.2, 0.25) is 0 Å². The Bertz CT molecular complexity index is 552. The van der Waals surface area contributed by atoms with Gasteiger partial charge in [0.05, 0.1) is 0 Å². The van der Waals surface area contributed by atoms with Crippen molar-refractivity contribution in [3.8, 4) is 0 Å². The topological polar surface area (TPSA) is 26.3 Å². The van der Waals surface area contributed by atoms with Crippen LogP contribution in [0.2, 0.25) is 0 Å². The minimum absolute atomic E-state index is 0.0439. The minimum atomic E-state index is -0.170. The van der Waals surface area contributed by atoms with Crippen molar-refractivity contribution in [2.24, 2.45) is 29.1 Å². The van der Waals surface area contributed by atoms with E-state index in [4.69, 9.17) is 4.74 Å². The molecular formula is C21H31BrO2. The second-order valence-corrected chi connectivity index (χ2v) is 8.93. The zero-order chi connectivity index (χ0) is 17.5. The van der Waals surface area contributed by atoms with Gasteiger partial charge in [0.1, 0.15) is 6.10 Å². The number of halogens is 1. The molecule has 134 valence electrons. The van der Waals surface area contributed by atoms with Gasteiger partial charge in [0.15, 0.2) is 0 Å². The Morgan fingerprint density at radius 2 is 2.21 bits per heavy atom. The van der Waals surface area contributed by atoms with E-state index in [1.807, 2.05) is 0 Å². The fourth-order valence-electron chi connectivity index (χ4n) is 6.07. The Balaban J connectivity index is 1.73. The quantitative estimate of drug-likeness (QED) is 0.430. The number of hydrogen-bond acceptors (Lipinski definition) is 2. The highest BCUT2D eigenvalue weighted by molar-refractivity contribution is 9.11. The molecule has 1 saturated heterocycles. The van der Waals surface area contributed by atoms with Gasteiger partial charge in [-0.3, -0.25) is 0 Å². The fourth-order valence-corrected chi connectivity index (χ4v) is 6.62. The van der Waals surface area contributed by atoms with Crippen LogP contribution < -0.4 is 0 Å². The Hall–Kier alpha value is -0.570. The maximum Gasteiger partial charge on any atom is 0.334 e. The van der Waals surface area contributed by atoms with Gasteiger partial charge in [-0.05, 0) is 73.1 Å². The molecular weight excluding hydrogens is 364 g/mol. The first-order valence-electron chi connectivity index (χ1n) is 9.61. The van der Waals surface area contributed by atoms with E-state index in [0.717, 1.165) is 24.7 Å². The van der Waals surface area contributed by atoms with Gasteiger partial charge in [-0.1, -0.05) is 48.9 Å². The summed E-state index contributed by atoms with van der Waals surface area (Å²) in [5.41, 5.74) is 2.72. The summed E-state index contributed by atoms with van der Waals surface area (Å²) in [6, 6.07) is 0. The largest absolute Gasteiger partial charge is 0.458 e. The Kier molecular flexibility index (Phi) is 5.30. The van der Waals surface area contributed by atoms with E-state index in [2.05, 4.69) is 48.3 Å². The molecule has 0 aromatic rings. The second-order valence-electron chi connectivity index (χ2n) is 8.48. The van der Waals surface area contributed by atoms with E-state index in [0.29, 0.717) is 16.9 Å². The van der Waals surface area contributed by atoms with Gasteiger partial charge in [0, 0.05) is 11.5 Å². The summed E-state index contributed by atoms with van der Waals surface area (Å²) in [4.78, 5) is 14.1. The average molecular weight is 395 g/mol. The maximum atomic E-state index is 11.9. The molecule has 0 aromatic carbocycles. The van der Waals surface area contributed by atoms with Crippen LogP contribution in [0, 0.1) is 29.1 Å². The van der Waals surface area contributed by atoms with E-state index in [-0.39, 0.29) is 18.0 Å². The molecule has 0 bridgehead atoms. The van der Waals surface area contributed by atoms with Crippen molar-refractivity contribution in [3.63, 3.8) is 0 Å². The molecule has 1 aliphatic heterocycles. The summed E-state index contributed by atoms with van der Waals surface area (Å²) in [6.45, 7) is 11.0. The molecule has 2 aliphatic carbocycles. The predicted octanol–water partition coefficient (Wildman–Crippen LogP) is 6.02. The molecule has 0 aromatic heterocycles. The molecule has 2 saturated carbocycles. The summed E-state index contributed by atoms with van der Waals surface area (Å²) in [6.07, 6.45) is 8.51. The molecule has 0 radical (unpaired) electrons. The lowest BCUT2D eigenvalue weighted by molar-refractivity contribution is -0.140. The van der Waals surface area contributed by atoms with Crippen molar-refractivity contribution >= 4 is 21.9 Å². The predicted molar refractivity (Wildman–Crippen MR) is 102 cm³/mol. The molecule has 6 atom stereocenters. The Labute approximate surface area is 155 Å². The molecule has 2 nitrogen and oxygen atoms in total. The third-order valence-electron chi connectivity index (χ3n) is 7.33. The minimum Gasteiger partial charge on any atom is -0.458 e. The molecule has 0 spiro atoms. The molecule has 3 aliphatic rings. The van der Waals surface area contributed by atoms with E-state index in [9.17, 15) is 4.79 Å². The van der Waals surface area contributed by atoms with Crippen molar-refractivity contribution in [2.75, 3.05) is 0 Å². The first-order chi connectivity index (χ1) is 11.4. The van der Waals surface area contributed by atoms with Gasteiger partial charge in [-0.25, -0.2) is 4.79 Å². The molecule has 1 heterocycles. The highest BCUT2D eigenvalue weighted by Gasteiger charge is 2.51. The molecule has 3 fully saturated rings. The number of esters is 1. The second kappa shape index (κ2) is 6.97. The lowest BCUT2D eigenvalue weighted by Crippen LogP contribution is -2.37. The zero-order valence-corrected chi connectivity index (χ0v) is 16.9. The van der Waals surface area contributed by atoms with Gasteiger partial charge in [-0.15, -0.1) is 0 Å². The number of fused-ring (bicyclic) bond motifs is 1. The van der Waals surface area contributed by atoms with E-state index in [1.54, 1.807) is 5.57 Å². The van der Waals surface area contributed by atoms with Crippen LogP contribution in [0.5, 0.6) is 0 Å². The number of cyclic esters (lactones) is 1. The standard InChI is InChI=1S/C21H31BrO2/c1-5-16-14(3)20(23)24-19(16)11-13(2)17-8-9-18-15(12-22)7-6-10-21(17,18)4/h12-13,16-19H,3,5-11H2,1-2,4H3/t13-,16-,17-,18+,19+,21-/m1/s1. The van der Waals surface area contributed by atoms with Crippen molar-refractivity contribution < 1.29 is 9.53 Å². The van der Waals surface area contributed by atoms with E-state index in [1.165, 1.54) is 32.1 Å². The fraction of sp³-hybridized carbons (Fsp3) is 0.762. The highest BCUT2D eigenvalue weighted by Crippen LogP contribution is 2.60. The van der Waals surface area contributed by atoms with Crippen LogP contribution in [0.1, 0.15) is 65.7 Å². The number of rotatable bonds is 4. The molecule has 24 heavy (non-hydrogen) atoms. The maximum absolute atomic E-state index is 11.9. The van der Waals surface area contributed by atoms with E-state index >= 15 is 0 Å². The highest BCUT2D eigenvalue weighted by atomic mass is 79.9. The summed E-state index contributed by atoms with van der Waals surface area (Å²) in [7, 11) is 0. The summed E-state index contributed by atoms with van der Waals surface area (Å²) in [5, 5.41) is 0. The van der Waals surface area contributed by atoms with E-state index < -0.39 is 0 Å². The summed E-state index contributed by atoms with van der Waals surface area (Å²) >= 11 is 3.60.